The van der Waals surface area contributed by atoms with E-state index in [2.05, 4.69) is 10.2 Å². The standard InChI is InChI=1S/C11H10N4O2/c1-16-7-2-4-8(5-3-7)17-11-9(6-12)10(13)14-15-11/h2-5H,1H3,(H3,13,14,15). The fourth-order valence-corrected chi connectivity index (χ4v) is 1.28. The number of nitrogens with two attached hydrogens (primary N) is 1. The number of nitrogens with zero attached hydrogens (tertiary/aromatic N) is 2. The zero-order valence-corrected chi connectivity index (χ0v) is 9.10. The summed E-state index contributed by atoms with van der Waals surface area (Å²) in [7, 11) is 1.58. The maximum atomic E-state index is 8.86. The van der Waals surface area contributed by atoms with Gasteiger partial charge in [-0.05, 0) is 24.3 Å². The Kier molecular flexibility index (Phi) is 2.83. The van der Waals surface area contributed by atoms with E-state index in [-0.39, 0.29) is 17.3 Å². The van der Waals surface area contributed by atoms with Gasteiger partial charge in [0.2, 0.25) is 0 Å². The van der Waals surface area contributed by atoms with Gasteiger partial charge >= 0.3 is 0 Å². The number of methoxy groups -OCH3 is 1. The molecule has 2 aromatic rings. The van der Waals surface area contributed by atoms with Crippen LogP contribution in [0.3, 0.4) is 0 Å². The van der Waals surface area contributed by atoms with Crippen molar-refractivity contribution in [2.45, 2.75) is 0 Å². The highest BCUT2D eigenvalue weighted by Crippen LogP contribution is 2.26. The van der Waals surface area contributed by atoms with Crippen molar-refractivity contribution < 1.29 is 9.47 Å². The third-order valence-corrected chi connectivity index (χ3v) is 2.15. The number of hydrogen-bond donors (Lipinski definition) is 2. The number of hydrogen-bond acceptors (Lipinski definition) is 5. The molecule has 0 amide bonds. The van der Waals surface area contributed by atoms with E-state index in [0.29, 0.717) is 5.75 Å². The van der Waals surface area contributed by atoms with Gasteiger partial charge in [-0.2, -0.15) is 5.26 Å². The summed E-state index contributed by atoms with van der Waals surface area (Å²) < 4.78 is 10.4. The van der Waals surface area contributed by atoms with Crippen LogP contribution in [0.25, 0.3) is 0 Å². The molecular weight excluding hydrogens is 220 g/mol. The maximum absolute atomic E-state index is 8.86. The molecule has 0 aliphatic carbocycles. The number of ether oxygens (including phenoxy) is 2. The van der Waals surface area contributed by atoms with Crippen LogP contribution in [0.5, 0.6) is 17.4 Å². The van der Waals surface area contributed by atoms with Crippen molar-refractivity contribution in [2.75, 3.05) is 12.8 Å². The minimum Gasteiger partial charge on any atom is -0.497 e. The number of nitriles is 1. The van der Waals surface area contributed by atoms with Crippen LogP contribution in [0.15, 0.2) is 24.3 Å². The van der Waals surface area contributed by atoms with Crippen molar-refractivity contribution in [1.29, 1.82) is 5.26 Å². The van der Waals surface area contributed by atoms with E-state index in [4.69, 9.17) is 20.5 Å². The lowest BCUT2D eigenvalue weighted by molar-refractivity contribution is 0.412. The smallest absolute Gasteiger partial charge is 0.258 e. The van der Waals surface area contributed by atoms with E-state index in [0.717, 1.165) is 5.75 Å². The van der Waals surface area contributed by atoms with E-state index in [1.807, 2.05) is 6.07 Å². The van der Waals surface area contributed by atoms with Crippen molar-refractivity contribution >= 4 is 5.82 Å². The number of aromatic nitrogens is 2. The monoisotopic (exact) mass is 230 g/mol. The molecule has 1 heterocycles. The predicted octanol–water partition coefficient (Wildman–Crippen LogP) is 1.66. The second kappa shape index (κ2) is 4.45. The van der Waals surface area contributed by atoms with Crippen molar-refractivity contribution in [2.24, 2.45) is 0 Å². The van der Waals surface area contributed by atoms with Crippen LogP contribution in [0.2, 0.25) is 0 Å². The van der Waals surface area contributed by atoms with Crippen LogP contribution < -0.4 is 15.2 Å². The van der Waals surface area contributed by atoms with Gasteiger partial charge in [0.05, 0.1) is 7.11 Å². The van der Waals surface area contributed by atoms with Gasteiger partial charge in [-0.25, -0.2) is 0 Å². The van der Waals surface area contributed by atoms with E-state index < -0.39 is 0 Å². The van der Waals surface area contributed by atoms with Gasteiger partial charge in [-0.3, -0.25) is 5.10 Å². The van der Waals surface area contributed by atoms with E-state index in [1.54, 1.807) is 31.4 Å². The van der Waals surface area contributed by atoms with Gasteiger partial charge < -0.3 is 15.2 Å². The summed E-state index contributed by atoms with van der Waals surface area (Å²) in [5.41, 5.74) is 5.71. The summed E-state index contributed by atoms with van der Waals surface area (Å²) in [5.74, 6) is 1.62. The number of H-pyrrole nitrogens is 1. The highest BCUT2D eigenvalue weighted by molar-refractivity contribution is 5.55. The second-order valence-electron chi connectivity index (χ2n) is 3.21. The number of rotatable bonds is 3. The van der Waals surface area contributed by atoms with Gasteiger partial charge in [-0.15, -0.1) is 5.10 Å². The molecule has 0 spiro atoms. The quantitative estimate of drug-likeness (QED) is 0.835. The molecule has 0 radical (unpaired) electrons. The first-order valence-electron chi connectivity index (χ1n) is 4.80. The highest BCUT2D eigenvalue weighted by atomic mass is 16.5. The van der Waals surface area contributed by atoms with Crippen molar-refractivity contribution in [3.63, 3.8) is 0 Å². The molecule has 0 aliphatic rings. The van der Waals surface area contributed by atoms with Crippen molar-refractivity contribution in [3.8, 4) is 23.4 Å². The van der Waals surface area contributed by atoms with Gasteiger partial charge in [0.15, 0.2) is 5.56 Å². The lowest BCUT2D eigenvalue weighted by Gasteiger charge is -2.03. The molecule has 6 nitrogen and oxygen atoms in total. The molecule has 86 valence electrons. The largest absolute Gasteiger partial charge is 0.497 e. The van der Waals surface area contributed by atoms with Crippen LogP contribution >= 0.6 is 0 Å². The Morgan fingerprint density at radius 3 is 2.53 bits per heavy atom. The van der Waals surface area contributed by atoms with Crippen molar-refractivity contribution in [3.05, 3.63) is 29.8 Å². The Bertz CT molecular complexity index is 554. The lowest BCUT2D eigenvalue weighted by Crippen LogP contribution is -1.89. The average Bonchev–Trinajstić information content (AvgIpc) is 2.71. The number of nitrogen functional groups attached to an aromatic ring is 1. The Hall–Kier alpha value is -2.68. The molecule has 1 aromatic carbocycles. The molecule has 0 atom stereocenters. The van der Waals surface area contributed by atoms with E-state index in [9.17, 15) is 0 Å². The molecule has 0 unspecified atom stereocenters. The number of nitrogens with one attached hydrogen (secondary N) is 1. The van der Waals surface area contributed by atoms with E-state index in [1.165, 1.54) is 0 Å². The van der Waals surface area contributed by atoms with Crippen molar-refractivity contribution in [1.82, 2.24) is 10.2 Å². The Balaban J connectivity index is 2.23. The lowest BCUT2D eigenvalue weighted by atomic mass is 10.3. The number of benzene rings is 1. The number of anilines is 1. The SMILES string of the molecule is COc1ccc(Oc2n[nH]c(N)c2C#N)cc1. The van der Waals surface area contributed by atoms with Crippen LogP contribution in [0, 0.1) is 11.3 Å². The molecule has 6 heteroatoms. The molecule has 1 aromatic heterocycles. The van der Waals surface area contributed by atoms with E-state index >= 15 is 0 Å². The second-order valence-corrected chi connectivity index (χ2v) is 3.21. The fraction of sp³-hybridized carbons (Fsp3) is 0.0909. The predicted molar refractivity (Wildman–Crippen MR) is 60.8 cm³/mol. The summed E-state index contributed by atoms with van der Waals surface area (Å²) in [6.45, 7) is 0. The first-order valence-corrected chi connectivity index (χ1v) is 4.80. The Labute approximate surface area is 97.6 Å². The first kappa shape index (κ1) is 10.8. The summed E-state index contributed by atoms with van der Waals surface area (Å²) in [6.07, 6.45) is 0. The molecule has 0 saturated carbocycles. The minimum atomic E-state index is 0.162. The topological polar surface area (TPSA) is 96.9 Å². The van der Waals surface area contributed by atoms with Gasteiger partial charge in [0.1, 0.15) is 23.4 Å². The number of aromatic amines is 1. The minimum absolute atomic E-state index is 0.162. The van der Waals surface area contributed by atoms with Crippen LogP contribution in [0.4, 0.5) is 5.82 Å². The summed E-state index contributed by atoms with van der Waals surface area (Å²) in [5, 5.41) is 15.1. The summed E-state index contributed by atoms with van der Waals surface area (Å²) in [4.78, 5) is 0. The normalized spacial score (nSPS) is 9.65. The summed E-state index contributed by atoms with van der Waals surface area (Å²) >= 11 is 0. The maximum Gasteiger partial charge on any atom is 0.258 e. The zero-order valence-electron chi connectivity index (χ0n) is 9.10. The molecule has 0 fully saturated rings. The van der Waals surface area contributed by atoms with Gasteiger partial charge in [0.25, 0.3) is 5.88 Å². The fourth-order valence-electron chi connectivity index (χ4n) is 1.28. The third-order valence-electron chi connectivity index (χ3n) is 2.15. The highest BCUT2D eigenvalue weighted by Gasteiger charge is 2.12. The molecular formula is C11H10N4O2. The Morgan fingerprint density at radius 1 is 1.29 bits per heavy atom. The van der Waals surface area contributed by atoms with Crippen LogP contribution in [0.1, 0.15) is 5.56 Å². The van der Waals surface area contributed by atoms with Gasteiger partial charge in [0, 0.05) is 0 Å². The molecule has 3 N–H and O–H groups in total. The summed E-state index contributed by atoms with van der Waals surface area (Å²) in [6, 6.07) is 8.84. The average molecular weight is 230 g/mol. The zero-order chi connectivity index (χ0) is 12.3. The molecule has 17 heavy (non-hydrogen) atoms. The molecule has 0 bridgehead atoms. The van der Waals surface area contributed by atoms with Crippen LogP contribution in [-0.2, 0) is 0 Å². The molecule has 0 saturated heterocycles. The Morgan fingerprint density at radius 2 is 1.94 bits per heavy atom. The molecule has 2 rings (SSSR count). The molecule has 0 aliphatic heterocycles. The van der Waals surface area contributed by atoms with Crippen LogP contribution in [-0.4, -0.2) is 17.3 Å². The third kappa shape index (κ3) is 2.13. The van der Waals surface area contributed by atoms with Gasteiger partial charge in [-0.1, -0.05) is 0 Å². The first-order chi connectivity index (χ1) is 8.24.